The second kappa shape index (κ2) is 8.66. The monoisotopic (exact) mass is 440 g/mol. The van der Waals surface area contributed by atoms with Crippen LogP contribution in [0, 0.1) is 0 Å². The summed E-state index contributed by atoms with van der Waals surface area (Å²) in [5, 5.41) is 0.726. The number of methoxy groups -OCH3 is 1. The highest BCUT2D eigenvalue weighted by Gasteiger charge is 2.24. The van der Waals surface area contributed by atoms with Crippen LogP contribution in [0.1, 0.15) is 47.8 Å². The molecule has 0 unspecified atom stereocenters. The summed E-state index contributed by atoms with van der Waals surface area (Å²) >= 11 is 1.21. The highest BCUT2D eigenvalue weighted by Crippen LogP contribution is 2.34. The second-order valence-corrected chi connectivity index (χ2v) is 8.68. The zero-order valence-electron chi connectivity index (χ0n) is 17.8. The maximum Gasteiger partial charge on any atom is 0.332 e. The van der Waals surface area contributed by atoms with Crippen LogP contribution in [0.15, 0.2) is 38.9 Å². The zero-order valence-corrected chi connectivity index (χ0v) is 18.6. The molecule has 0 aliphatic heterocycles. The highest BCUT2D eigenvalue weighted by molar-refractivity contribution is 8.00. The van der Waals surface area contributed by atoms with E-state index in [-0.39, 0.29) is 22.8 Å². The molecule has 0 spiro atoms. The van der Waals surface area contributed by atoms with Crippen LogP contribution < -0.4 is 16.0 Å². The Hall–Kier alpha value is -2.94. The average molecular weight is 441 g/mol. The normalized spacial score (nSPS) is 14.3. The van der Waals surface area contributed by atoms with Gasteiger partial charge in [0.1, 0.15) is 22.0 Å². The van der Waals surface area contributed by atoms with Gasteiger partial charge in [-0.2, -0.15) is 0 Å². The van der Waals surface area contributed by atoms with Gasteiger partial charge in [-0.05, 0) is 37.1 Å². The van der Waals surface area contributed by atoms with Crippen LogP contribution in [-0.2, 0) is 14.1 Å². The third-order valence-electron chi connectivity index (χ3n) is 5.76. The molecule has 162 valence electrons. The fourth-order valence-corrected chi connectivity index (χ4v) is 4.83. The molecule has 1 aromatic carbocycles. The average Bonchev–Trinajstić information content (AvgIpc) is 3.34. The van der Waals surface area contributed by atoms with Crippen molar-refractivity contribution < 1.29 is 9.53 Å². The van der Waals surface area contributed by atoms with E-state index in [9.17, 15) is 14.4 Å². The molecule has 9 heteroatoms. The SMILES string of the molecule is COc1ccc(C(=O)CSc2nc(C3CCCC3)nc3c2c(=O)n(C)c(=O)n3C)cc1. The molecule has 0 radical (unpaired) electrons. The van der Waals surface area contributed by atoms with Crippen LogP contribution >= 0.6 is 11.8 Å². The lowest BCUT2D eigenvalue weighted by molar-refractivity contribution is 0.102. The Bertz CT molecular complexity index is 1260. The Kier molecular flexibility index (Phi) is 5.95. The van der Waals surface area contributed by atoms with Crippen LogP contribution in [0.5, 0.6) is 5.75 Å². The van der Waals surface area contributed by atoms with Crippen LogP contribution in [0.2, 0.25) is 0 Å². The minimum atomic E-state index is -0.449. The number of ketones is 1. The summed E-state index contributed by atoms with van der Waals surface area (Å²) < 4.78 is 7.57. The van der Waals surface area contributed by atoms with Crippen molar-refractivity contribution >= 4 is 28.6 Å². The van der Waals surface area contributed by atoms with E-state index in [1.54, 1.807) is 38.4 Å². The van der Waals surface area contributed by atoms with Gasteiger partial charge in [0.05, 0.1) is 12.9 Å². The number of fused-ring (bicyclic) bond motifs is 1. The van der Waals surface area contributed by atoms with E-state index in [0.717, 1.165) is 30.3 Å². The van der Waals surface area contributed by atoms with Crippen LogP contribution in [-0.4, -0.2) is 37.7 Å². The molecule has 1 fully saturated rings. The van der Waals surface area contributed by atoms with E-state index in [0.29, 0.717) is 27.8 Å². The quantitative estimate of drug-likeness (QED) is 0.330. The Labute approximate surface area is 183 Å². The summed E-state index contributed by atoms with van der Waals surface area (Å²) in [6.07, 6.45) is 4.19. The number of aromatic nitrogens is 4. The molecule has 1 saturated carbocycles. The molecule has 0 bridgehead atoms. The predicted molar refractivity (Wildman–Crippen MR) is 119 cm³/mol. The Balaban J connectivity index is 1.74. The number of thioether (sulfide) groups is 1. The molecule has 0 amide bonds. The van der Waals surface area contributed by atoms with Gasteiger partial charge in [0.2, 0.25) is 0 Å². The molecular formula is C22H24N4O4S. The molecular weight excluding hydrogens is 416 g/mol. The highest BCUT2D eigenvalue weighted by atomic mass is 32.2. The van der Waals surface area contributed by atoms with E-state index < -0.39 is 11.2 Å². The van der Waals surface area contributed by atoms with Crippen molar-refractivity contribution in [3.8, 4) is 5.75 Å². The van der Waals surface area contributed by atoms with E-state index in [1.165, 1.54) is 23.4 Å². The maximum atomic E-state index is 12.9. The molecule has 0 saturated heterocycles. The van der Waals surface area contributed by atoms with Gasteiger partial charge in [-0.15, -0.1) is 0 Å². The summed E-state index contributed by atoms with van der Waals surface area (Å²) in [7, 11) is 4.61. The van der Waals surface area contributed by atoms with E-state index in [4.69, 9.17) is 9.72 Å². The van der Waals surface area contributed by atoms with Crippen molar-refractivity contribution in [2.24, 2.45) is 14.1 Å². The van der Waals surface area contributed by atoms with Gasteiger partial charge in [0.15, 0.2) is 11.4 Å². The van der Waals surface area contributed by atoms with Gasteiger partial charge in [-0.1, -0.05) is 24.6 Å². The number of aryl methyl sites for hydroxylation is 1. The summed E-state index contributed by atoms with van der Waals surface area (Å²) in [4.78, 5) is 47.4. The van der Waals surface area contributed by atoms with Crippen molar-refractivity contribution in [3.05, 3.63) is 56.5 Å². The largest absolute Gasteiger partial charge is 0.497 e. The fourth-order valence-electron chi connectivity index (χ4n) is 3.91. The second-order valence-electron chi connectivity index (χ2n) is 7.71. The van der Waals surface area contributed by atoms with E-state index in [2.05, 4.69) is 4.98 Å². The summed E-state index contributed by atoms with van der Waals surface area (Å²) in [5.74, 6) is 1.57. The predicted octanol–water partition coefficient (Wildman–Crippen LogP) is 2.67. The van der Waals surface area contributed by atoms with Crippen LogP contribution in [0.3, 0.4) is 0 Å². The number of hydrogen-bond acceptors (Lipinski definition) is 7. The van der Waals surface area contributed by atoms with Crippen molar-refractivity contribution in [1.29, 1.82) is 0 Å². The molecule has 1 aliphatic carbocycles. The first kappa shape index (κ1) is 21.3. The number of Topliss-reactive ketones (excluding diaryl/α,β-unsaturated/α-hetero) is 1. The number of carbonyl (C=O) groups excluding carboxylic acids is 1. The number of hydrogen-bond donors (Lipinski definition) is 0. The molecule has 3 aromatic rings. The van der Waals surface area contributed by atoms with Gasteiger partial charge >= 0.3 is 5.69 Å². The number of ether oxygens (including phenoxy) is 1. The first-order valence-electron chi connectivity index (χ1n) is 10.2. The molecule has 1 aliphatic rings. The molecule has 31 heavy (non-hydrogen) atoms. The van der Waals surface area contributed by atoms with Gasteiger partial charge in [0.25, 0.3) is 5.56 Å². The number of benzene rings is 1. The summed E-state index contributed by atoms with van der Waals surface area (Å²) in [6, 6.07) is 6.91. The zero-order chi connectivity index (χ0) is 22.1. The minimum Gasteiger partial charge on any atom is -0.497 e. The Morgan fingerprint density at radius 1 is 1.10 bits per heavy atom. The van der Waals surface area contributed by atoms with Crippen molar-refractivity contribution in [2.75, 3.05) is 12.9 Å². The topological polar surface area (TPSA) is 96.1 Å². The van der Waals surface area contributed by atoms with Crippen molar-refractivity contribution in [2.45, 2.75) is 36.6 Å². The third-order valence-corrected chi connectivity index (χ3v) is 6.73. The van der Waals surface area contributed by atoms with Gasteiger partial charge in [0, 0.05) is 25.6 Å². The molecule has 0 atom stereocenters. The first-order valence-corrected chi connectivity index (χ1v) is 11.2. The maximum absolute atomic E-state index is 12.9. The van der Waals surface area contributed by atoms with Crippen LogP contribution in [0.25, 0.3) is 11.0 Å². The Morgan fingerprint density at radius 2 is 1.77 bits per heavy atom. The molecule has 2 aromatic heterocycles. The number of rotatable bonds is 6. The van der Waals surface area contributed by atoms with E-state index >= 15 is 0 Å². The standard InChI is InChI=1S/C22H24N4O4S/c1-25-19-17(21(28)26(2)22(25)29)20(24-18(23-19)14-6-4-5-7-14)31-12-16(27)13-8-10-15(30-3)11-9-13/h8-11,14H,4-7,12H2,1-3H3. The van der Waals surface area contributed by atoms with Gasteiger partial charge in [-0.25, -0.2) is 14.8 Å². The minimum absolute atomic E-state index is 0.0801. The molecule has 8 nitrogen and oxygen atoms in total. The lowest BCUT2D eigenvalue weighted by atomic mass is 10.1. The Morgan fingerprint density at radius 3 is 2.42 bits per heavy atom. The van der Waals surface area contributed by atoms with Crippen molar-refractivity contribution in [1.82, 2.24) is 19.1 Å². The smallest absolute Gasteiger partial charge is 0.332 e. The first-order chi connectivity index (χ1) is 14.9. The lowest BCUT2D eigenvalue weighted by Crippen LogP contribution is -2.38. The summed E-state index contributed by atoms with van der Waals surface area (Å²) in [6.45, 7) is 0. The number of carbonyl (C=O) groups is 1. The third kappa shape index (κ3) is 4.01. The van der Waals surface area contributed by atoms with Gasteiger partial charge in [-0.3, -0.25) is 18.7 Å². The summed E-state index contributed by atoms with van der Waals surface area (Å²) in [5.41, 5.74) is 0.00155. The molecule has 2 heterocycles. The van der Waals surface area contributed by atoms with Crippen molar-refractivity contribution in [3.63, 3.8) is 0 Å². The number of nitrogens with zero attached hydrogens (tertiary/aromatic N) is 4. The van der Waals surface area contributed by atoms with E-state index in [1.807, 2.05) is 0 Å². The lowest BCUT2D eigenvalue weighted by Gasteiger charge is -2.14. The molecule has 4 rings (SSSR count). The van der Waals surface area contributed by atoms with Crippen LogP contribution in [0.4, 0.5) is 0 Å². The fraction of sp³-hybridized carbons (Fsp3) is 0.409. The van der Waals surface area contributed by atoms with Gasteiger partial charge < -0.3 is 4.74 Å². The molecule has 0 N–H and O–H groups in total.